The molecule has 2 N–H and O–H groups in total. The van der Waals surface area contributed by atoms with E-state index in [0.29, 0.717) is 5.69 Å². The van der Waals surface area contributed by atoms with E-state index < -0.39 is 6.03 Å². The number of hydrogen-bond acceptors (Lipinski definition) is 3. The van der Waals surface area contributed by atoms with Gasteiger partial charge in [0.1, 0.15) is 0 Å². The van der Waals surface area contributed by atoms with Gasteiger partial charge in [-0.25, -0.2) is 4.79 Å². The fraction of sp³-hybridized carbons (Fsp3) is 0.444. The van der Waals surface area contributed by atoms with Gasteiger partial charge >= 0.3 is 6.03 Å². The summed E-state index contributed by atoms with van der Waals surface area (Å²) in [5, 5.41) is 3.69. The Bertz CT molecular complexity index is 395. The quantitative estimate of drug-likeness (QED) is 0.702. The zero-order valence-corrected chi connectivity index (χ0v) is 8.14. The smallest absolute Gasteiger partial charge is 0.339 e. The molecule has 2 rings (SSSR count). The van der Waals surface area contributed by atoms with Crippen LogP contribution in [0, 0.1) is 6.07 Å². The van der Waals surface area contributed by atoms with Gasteiger partial charge in [-0.3, -0.25) is 4.79 Å². The van der Waals surface area contributed by atoms with E-state index in [1.54, 1.807) is 4.90 Å². The van der Waals surface area contributed by atoms with Gasteiger partial charge in [0.05, 0.1) is 18.3 Å². The van der Waals surface area contributed by atoms with Crippen molar-refractivity contribution >= 4 is 11.9 Å². The number of carbonyl (C=O) groups is 2. The van der Waals surface area contributed by atoms with E-state index in [2.05, 4.69) is 11.2 Å². The van der Waals surface area contributed by atoms with Gasteiger partial charge in [0, 0.05) is 19.2 Å². The molecule has 1 fully saturated rings. The molecular formula is C9H11N4O2. The maximum atomic E-state index is 11.6. The largest absolute Gasteiger partial charge is 0.350 e. The third-order valence-corrected chi connectivity index (χ3v) is 2.40. The van der Waals surface area contributed by atoms with Gasteiger partial charge in [-0.05, 0) is 6.42 Å². The maximum absolute atomic E-state index is 11.6. The molecule has 1 radical (unpaired) electrons. The lowest BCUT2D eigenvalue weighted by Gasteiger charge is -2.30. The molecule has 0 unspecified atom stereocenters. The van der Waals surface area contributed by atoms with Crippen LogP contribution in [-0.2, 0) is 11.2 Å². The minimum atomic E-state index is -0.692. The van der Waals surface area contributed by atoms with Crippen LogP contribution in [0.25, 0.3) is 0 Å². The van der Waals surface area contributed by atoms with Crippen LogP contribution in [0.3, 0.4) is 0 Å². The van der Waals surface area contributed by atoms with E-state index in [1.807, 2.05) is 0 Å². The second kappa shape index (κ2) is 3.72. The fourth-order valence-electron chi connectivity index (χ4n) is 1.43. The lowest BCUT2D eigenvalue weighted by molar-refractivity contribution is -0.133. The molecule has 1 aliphatic rings. The number of aromatic nitrogens is 2. The monoisotopic (exact) mass is 207 g/mol. The molecule has 1 saturated heterocycles. The molecule has 1 aromatic rings. The van der Waals surface area contributed by atoms with Gasteiger partial charge in [-0.1, -0.05) is 0 Å². The standard InChI is InChI=1S/C9H11N4O2/c10-9(15)13-7(2-3-11-13)6-8(14)12-4-1-5-12/h3H,1,4-6H2,(H2,10,15). The van der Waals surface area contributed by atoms with Crippen molar-refractivity contribution in [2.75, 3.05) is 13.1 Å². The zero-order chi connectivity index (χ0) is 10.8. The van der Waals surface area contributed by atoms with Crippen molar-refractivity contribution in [3.63, 3.8) is 0 Å². The maximum Gasteiger partial charge on any atom is 0.339 e. The lowest BCUT2D eigenvalue weighted by Crippen LogP contribution is -2.43. The van der Waals surface area contributed by atoms with Gasteiger partial charge in [-0.15, -0.1) is 0 Å². The summed E-state index contributed by atoms with van der Waals surface area (Å²) in [6.45, 7) is 1.59. The second-order valence-corrected chi connectivity index (χ2v) is 3.40. The Kier molecular flexibility index (Phi) is 2.40. The van der Waals surface area contributed by atoms with Crippen molar-refractivity contribution < 1.29 is 9.59 Å². The van der Waals surface area contributed by atoms with Crippen LogP contribution in [0.15, 0.2) is 6.20 Å². The minimum Gasteiger partial charge on any atom is -0.350 e. The average Bonchev–Trinajstić information content (AvgIpc) is 2.48. The van der Waals surface area contributed by atoms with E-state index in [9.17, 15) is 9.59 Å². The number of nitrogens with two attached hydrogens (primary N) is 1. The summed E-state index contributed by atoms with van der Waals surface area (Å²) in [5.74, 6) is -0.0134. The van der Waals surface area contributed by atoms with E-state index in [1.165, 1.54) is 6.20 Å². The Morgan fingerprint density at radius 2 is 2.27 bits per heavy atom. The molecule has 79 valence electrons. The second-order valence-electron chi connectivity index (χ2n) is 3.40. The summed E-state index contributed by atoms with van der Waals surface area (Å²) in [4.78, 5) is 24.2. The molecule has 2 amide bonds. The highest BCUT2D eigenvalue weighted by Crippen LogP contribution is 2.09. The van der Waals surface area contributed by atoms with Crippen LogP contribution in [0.2, 0.25) is 0 Å². The predicted octanol–water partition coefficient (Wildman–Crippen LogP) is -0.615. The Balaban J connectivity index is 2.06. The van der Waals surface area contributed by atoms with Crippen LogP contribution in [0.1, 0.15) is 12.1 Å². The Labute approximate surface area is 86.6 Å². The van der Waals surface area contributed by atoms with E-state index >= 15 is 0 Å². The highest BCUT2D eigenvalue weighted by Gasteiger charge is 2.22. The summed E-state index contributed by atoms with van der Waals surface area (Å²) < 4.78 is 0.998. The predicted molar refractivity (Wildman–Crippen MR) is 50.9 cm³/mol. The van der Waals surface area contributed by atoms with Crippen LogP contribution < -0.4 is 5.73 Å². The zero-order valence-electron chi connectivity index (χ0n) is 8.14. The Morgan fingerprint density at radius 3 is 2.80 bits per heavy atom. The van der Waals surface area contributed by atoms with E-state index in [4.69, 9.17) is 5.73 Å². The molecule has 6 heteroatoms. The molecule has 15 heavy (non-hydrogen) atoms. The number of carbonyl (C=O) groups excluding carboxylic acids is 2. The molecular weight excluding hydrogens is 196 g/mol. The normalized spacial score (nSPS) is 14.8. The van der Waals surface area contributed by atoms with Crippen molar-refractivity contribution in [2.24, 2.45) is 5.73 Å². The van der Waals surface area contributed by atoms with Crippen LogP contribution in [-0.4, -0.2) is 39.7 Å². The first-order valence-corrected chi connectivity index (χ1v) is 4.70. The van der Waals surface area contributed by atoms with Crippen LogP contribution in [0.4, 0.5) is 4.79 Å². The van der Waals surface area contributed by atoms with E-state index in [-0.39, 0.29) is 12.3 Å². The van der Waals surface area contributed by atoms with Crippen LogP contribution >= 0.6 is 0 Å². The van der Waals surface area contributed by atoms with Crippen molar-refractivity contribution in [3.8, 4) is 0 Å². The van der Waals surface area contributed by atoms with Gasteiger partial charge in [-0.2, -0.15) is 9.78 Å². The minimum absolute atomic E-state index is 0.0134. The highest BCUT2D eigenvalue weighted by atomic mass is 16.2. The molecule has 0 aliphatic carbocycles. The van der Waals surface area contributed by atoms with Crippen molar-refractivity contribution in [3.05, 3.63) is 18.0 Å². The van der Waals surface area contributed by atoms with Crippen molar-refractivity contribution in [1.82, 2.24) is 14.7 Å². The summed E-state index contributed by atoms with van der Waals surface area (Å²) in [6.07, 6.45) is 2.51. The molecule has 6 nitrogen and oxygen atoms in total. The SMILES string of the molecule is NC(=O)n1nc[c]c1CC(=O)N1CCC1. The molecule has 2 heterocycles. The van der Waals surface area contributed by atoms with Gasteiger partial charge in [0.25, 0.3) is 0 Å². The molecule has 0 aromatic carbocycles. The number of primary amides is 1. The highest BCUT2D eigenvalue weighted by molar-refractivity contribution is 5.81. The molecule has 1 aromatic heterocycles. The summed E-state index contributed by atoms with van der Waals surface area (Å²) in [5.41, 5.74) is 5.49. The molecule has 0 spiro atoms. The van der Waals surface area contributed by atoms with Crippen molar-refractivity contribution in [2.45, 2.75) is 12.8 Å². The van der Waals surface area contributed by atoms with Gasteiger partial charge in [0.15, 0.2) is 0 Å². The van der Waals surface area contributed by atoms with Crippen LogP contribution in [0.5, 0.6) is 0 Å². The van der Waals surface area contributed by atoms with Crippen molar-refractivity contribution in [1.29, 1.82) is 0 Å². The number of amides is 2. The first-order valence-electron chi connectivity index (χ1n) is 4.70. The Hall–Kier alpha value is -1.85. The first kappa shape index (κ1) is 9.70. The van der Waals surface area contributed by atoms with Gasteiger partial charge < -0.3 is 10.6 Å². The van der Waals surface area contributed by atoms with Gasteiger partial charge in [0.2, 0.25) is 5.91 Å². The molecule has 0 saturated carbocycles. The molecule has 1 aliphatic heterocycles. The number of hydrogen-bond donors (Lipinski definition) is 1. The molecule has 0 atom stereocenters. The first-order chi connectivity index (χ1) is 7.18. The fourth-order valence-corrected chi connectivity index (χ4v) is 1.43. The topological polar surface area (TPSA) is 81.2 Å². The summed E-state index contributed by atoms with van der Waals surface area (Å²) >= 11 is 0. The number of likely N-dealkylation sites (tertiary alicyclic amines) is 1. The summed E-state index contributed by atoms with van der Waals surface area (Å²) in [7, 11) is 0. The third kappa shape index (κ3) is 1.83. The average molecular weight is 207 g/mol. The summed E-state index contributed by atoms with van der Waals surface area (Å²) in [6, 6.07) is 2.03. The Morgan fingerprint density at radius 1 is 1.53 bits per heavy atom. The van der Waals surface area contributed by atoms with E-state index in [0.717, 1.165) is 24.2 Å². The third-order valence-electron chi connectivity index (χ3n) is 2.40. The number of rotatable bonds is 2. The number of nitrogens with zero attached hydrogens (tertiary/aromatic N) is 3. The lowest BCUT2D eigenvalue weighted by atomic mass is 10.2. The molecule has 0 bridgehead atoms.